The molecule has 2 heterocycles. The Kier molecular flexibility index (Phi) is 4.72. The molecule has 152 valence electrons. The van der Waals surface area contributed by atoms with E-state index in [9.17, 15) is 0 Å². The summed E-state index contributed by atoms with van der Waals surface area (Å²) in [5.41, 5.74) is 8.14. The summed E-state index contributed by atoms with van der Waals surface area (Å²) in [6.07, 6.45) is 0. The van der Waals surface area contributed by atoms with Gasteiger partial charge in [-0.05, 0) is 29.3 Å². The van der Waals surface area contributed by atoms with Crippen molar-refractivity contribution in [1.29, 1.82) is 0 Å². The summed E-state index contributed by atoms with van der Waals surface area (Å²) in [6, 6.07) is 35.3. The molecule has 0 fully saturated rings. The summed E-state index contributed by atoms with van der Waals surface area (Å²) in [7, 11) is 0. The molecule has 0 atom stereocenters. The van der Waals surface area contributed by atoms with Crippen LogP contribution in [0.4, 0.5) is 0 Å². The molecular formula is C28H17IN2O. The van der Waals surface area contributed by atoms with Crippen molar-refractivity contribution in [2.45, 2.75) is 0 Å². The third-order valence-electron chi connectivity index (χ3n) is 5.66. The first-order chi connectivity index (χ1) is 15.8. The lowest BCUT2D eigenvalue weighted by Crippen LogP contribution is -1.94. The first-order valence-corrected chi connectivity index (χ1v) is 11.5. The van der Waals surface area contributed by atoms with E-state index < -0.39 is 0 Å². The van der Waals surface area contributed by atoms with E-state index in [1.807, 2.05) is 42.5 Å². The molecule has 0 aliphatic heterocycles. The van der Waals surface area contributed by atoms with Crippen molar-refractivity contribution in [2.75, 3.05) is 0 Å². The van der Waals surface area contributed by atoms with Gasteiger partial charge in [-0.2, -0.15) is 0 Å². The van der Waals surface area contributed by atoms with E-state index in [2.05, 4.69) is 93.2 Å². The fraction of sp³-hybridized carbons (Fsp3) is 0. The predicted octanol–water partition coefficient (Wildman–Crippen LogP) is 7.98. The molecule has 32 heavy (non-hydrogen) atoms. The molecular weight excluding hydrogens is 507 g/mol. The Hall–Kier alpha value is -3.51. The van der Waals surface area contributed by atoms with Crippen molar-refractivity contribution in [3.63, 3.8) is 0 Å². The topological polar surface area (TPSA) is 38.9 Å². The summed E-state index contributed by atoms with van der Waals surface area (Å²) in [6.45, 7) is 0. The zero-order valence-corrected chi connectivity index (χ0v) is 19.2. The van der Waals surface area contributed by atoms with Gasteiger partial charge in [0.2, 0.25) is 0 Å². The zero-order chi connectivity index (χ0) is 21.5. The highest BCUT2D eigenvalue weighted by atomic mass is 127. The van der Waals surface area contributed by atoms with Crippen LogP contribution in [0, 0.1) is 3.83 Å². The average molecular weight is 524 g/mol. The van der Waals surface area contributed by atoms with Gasteiger partial charge in [0.05, 0.1) is 11.4 Å². The van der Waals surface area contributed by atoms with Gasteiger partial charge in [-0.25, -0.2) is 9.97 Å². The first kappa shape index (κ1) is 19.2. The van der Waals surface area contributed by atoms with Crippen LogP contribution in [0.3, 0.4) is 0 Å². The van der Waals surface area contributed by atoms with Crippen molar-refractivity contribution < 1.29 is 4.42 Å². The van der Waals surface area contributed by atoms with Gasteiger partial charge in [0, 0.05) is 44.5 Å². The molecule has 6 aromatic rings. The number of halogens is 1. The van der Waals surface area contributed by atoms with Crippen molar-refractivity contribution in [2.24, 2.45) is 0 Å². The smallest absolute Gasteiger partial charge is 0.191 e. The SMILES string of the molecule is Ic1nc(-c2ccccc2)cc(-c2ccc(-c3cccc4oc5ccccc5c34)cc2)n1. The molecule has 0 saturated heterocycles. The predicted molar refractivity (Wildman–Crippen MR) is 138 cm³/mol. The standard InChI is InChI=1S/C28H17IN2O/c29-28-30-23(19-7-2-1-3-8-19)17-24(31-28)20-15-13-18(14-16-20)21-10-6-12-26-27(21)22-9-4-5-11-25(22)32-26/h1-17H. The monoisotopic (exact) mass is 524 g/mol. The third-order valence-corrected chi connectivity index (χ3v) is 6.15. The molecule has 4 heteroatoms. The molecule has 3 nitrogen and oxygen atoms in total. The largest absolute Gasteiger partial charge is 0.456 e. The highest BCUT2D eigenvalue weighted by molar-refractivity contribution is 14.1. The van der Waals surface area contributed by atoms with Crippen molar-refractivity contribution in [3.05, 3.63) is 107 Å². The summed E-state index contributed by atoms with van der Waals surface area (Å²) >= 11 is 2.18. The van der Waals surface area contributed by atoms with Crippen LogP contribution in [0.25, 0.3) is 55.6 Å². The van der Waals surface area contributed by atoms with Crippen molar-refractivity contribution >= 4 is 44.5 Å². The number of para-hydroxylation sites is 1. The minimum absolute atomic E-state index is 0.734. The van der Waals surface area contributed by atoms with E-state index in [1.54, 1.807) is 0 Å². The number of hydrogen-bond acceptors (Lipinski definition) is 3. The summed E-state index contributed by atoms with van der Waals surface area (Å²) in [4.78, 5) is 9.29. The Morgan fingerprint density at radius 3 is 1.97 bits per heavy atom. The molecule has 0 saturated carbocycles. The van der Waals surface area contributed by atoms with E-state index in [0.29, 0.717) is 0 Å². The number of benzene rings is 4. The molecule has 0 unspecified atom stereocenters. The highest BCUT2D eigenvalue weighted by Crippen LogP contribution is 2.37. The first-order valence-electron chi connectivity index (χ1n) is 10.4. The van der Waals surface area contributed by atoms with E-state index in [0.717, 1.165) is 53.8 Å². The van der Waals surface area contributed by atoms with Gasteiger partial charge in [0.15, 0.2) is 3.83 Å². The number of hydrogen-bond donors (Lipinski definition) is 0. The van der Waals surface area contributed by atoms with Gasteiger partial charge in [-0.15, -0.1) is 0 Å². The molecule has 4 aromatic carbocycles. The molecule has 0 aliphatic rings. The molecule has 0 bridgehead atoms. The maximum atomic E-state index is 6.06. The molecule has 0 spiro atoms. The molecule has 6 rings (SSSR count). The van der Waals surface area contributed by atoms with Gasteiger partial charge in [-0.3, -0.25) is 0 Å². The Morgan fingerprint density at radius 2 is 1.19 bits per heavy atom. The molecule has 0 amide bonds. The lowest BCUT2D eigenvalue weighted by Gasteiger charge is -2.08. The van der Waals surface area contributed by atoms with Crippen LogP contribution in [-0.4, -0.2) is 9.97 Å². The lowest BCUT2D eigenvalue weighted by molar-refractivity contribution is 0.669. The van der Waals surface area contributed by atoms with Gasteiger partial charge >= 0.3 is 0 Å². The fourth-order valence-corrected chi connectivity index (χ4v) is 4.68. The average Bonchev–Trinajstić information content (AvgIpc) is 3.23. The normalized spacial score (nSPS) is 11.3. The molecule has 2 aromatic heterocycles. The van der Waals surface area contributed by atoms with Crippen molar-refractivity contribution in [1.82, 2.24) is 9.97 Å². The number of aromatic nitrogens is 2. The second kappa shape index (κ2) is 7.88. The lowest BCUT2D eigenvalue weighted by atomic mass is 9.98. The minimum atomic E-state index is 0.734. The highest BCUT2D eigenvalue weighted by Gasteiger charge is 2.13. The molecule has 0 N–H and O–H groups in total. The maximum Gasteiger partial charge on any atom is 0.191 e. The summed E-state index contributed by atoms with van der Waals surface area (Å²) in [5, 5.41) is 2.29. The van der Waals surface area contributed by atoms with Gasteiger partial charge in [0.25, 0.3) is 0 Å². The van der Waals surface area contributed by atoms with Gasteiger partial charge in [-0.1, -0.05) is 84.9 Å². The quantitative estimate of drug-likeness (QED) is 0.174. The maximum absolute atomic E-state index is 6.06. The van der Waals surface area contributed by atoms with Crippen LogP contribution in [0.5, 0.6) is 0 Å². The van der Waals surface area contributed by atoms with Crippen LogP contribution in [0.2, 0.25) is 0 Å². The van der Waals surface area contributed by atoms with Crippen LogP contribution in [0.15, 0.2) is 108 Å². The number of furan rings is 1. The van der Waals surface area contributed by atoms with Crippen LogP contribution in [-0.2, 0) is 0 Å². The van der Waals surface area contributed by atoms with E-state index >= 15 is 0 Å². The van der Waals surface area contributed by atoms with Crippen LogP contribution >= 0.6 is 22.6 Å². The van der Waals surface area contributed by atoms with Crippen LogP contribution < -0.4 is 0 Å². The third kappa shape index (κ3) is 3.37. The molecule has 0 aliphatic carbocycles. The zero-order valence-electron chi connectivity index (χ0n) is 17.0. The van der Waals surface area contributed by atoms with E-state index in [-0.39, 0.29) is 0 Å². The number of fused-ring (bicyclic) bond motifs is 3. The van der Waals surface area contributed by atoms with Gasteiger partial charge in [0.1, 0.15) is 11.2 Å². The summed E-state index contributed by atoms with van der Waals surface area (Å²) < 4.78 is 6.79. The van der Waals surface area contributed by atoms with E-state index in [1.165, 1.54) is 5.56 Å². The Morgan fingerprint density at radius 1 is 0.562 bits per heavy atom. The Labute approximate surface area is 198 Å². The second-order valence-corrected chi connectivity index (χ2v) is 8.59. The van der Waals surface area contributed by atoms with Crippen molar-refractivity contribution in [3.8, 4) is 33.6 Å². The fourth-order valence-electron chi connectivity index (χ4n) is 4.16. The number of rotatable bonds is 3. The minimum Gasteiger partial charge on any atom is -0.456 e. The Balaban J connectivity index is 1.44. The van der Waals surface area contributed by atoms with Crippen LogP contribution in [0.1, 0.15) is 0 Å². The Bertz CT molecular complexity index is 1570. The molecule has 0 radical (unpaired) electrons. The number of nitrogens with zero attached hydrogens (tertiary/aromatic N) is 2. The second-order valence-electron chi connectivity index (χ2n) is 7.63. The summed E-state index contributed by atoms with van der Waals surface area (Å²) in [5.74, 6) is 0. The van der Waals surface area contributed by atoms with E-state index in [4.69, 9.17) is 4.42 Å². The van der Waals surface area contributed by atoms with Gasteiger partial charge < -0.3 is 4.42 Å².